The van der Waals surface area contributed by atoms with Gasteiger partial charge in [0.25, 0.3) is 0 Å². The van der Waals surface area contributed by atoms with Crippen molar-refractivity contribution in [3.63, 3.8) is 0 Å². The maximum absolute atomic E-state index is 4.06. The normalized spacial score (nSPS) is 51.1. The van der Waals surface area contributed by atoms with Crippen molar-refractivity contribution in [2.45, 2.75) is 143 Å². The van der Waals surface area contributed by atoms with Crippen LogP contribution in [0.25, 0.3) is 0 Å². The number of halogens is 2. The topological polar surface area (TPSA) is 0 Å². The maximum Gasteiger partial charge on any atom is 0.0938 e. The summed E-state index contributed by atoms with van der Waals surface area (Å²) in [6.07, 6.45) is 24.3. The maximum atomic E-state index is 4.06. The zero-order chi connectivity index (χ0) is 28.2. The number of fused-ring (bicyclic) bond motifs is 8. The third-order valence-corrected chi connectivity index (χ3v) is 17.8. The first-order valence-electron chi connectivity index (χ1n) is 16.7. The molecule has 0 nitrogen and oxygen atoms in total. The molecule has 2 heteroatoms. The fourth-order valence-electron chi connectivity index (χ4n) is 11.9. The molecule has 7 aliphatic rings. The molecule has 0 spiro atoms. The fraction of sp³-hybridized carbons (Fsp3) is 0.842. The zero-order valence-electron chi connectivity index (χ0n) is 26.4. The van der Waals surface area contributed by atoms with Gasteiger partial charge in [0.2, 0.25) is 0 Å². The molecule has 0 N–H and O–H groups in total. The molecule has 0 bridgehead atoms. The fourth-order valence-corrected chi connectivity index (χ4v) is 14.4. The van der Waals surface area contributed by atoms with Gasteiger partial charge in [-0.15, -0.1) is 0 Å². The third kappa shape index (κ3) is 3.98. The quantitative estimate of drug-likeness (QED) is 0.202. The second-order valence-electron chi connectivity index (χ2n) is 16.4. The highest BCUT2D eigenvalue weighted by atomic mass is 79.9. The lowest BCUT2D eigenvalue weighted by Gasteiger charge is -2.53. The molecule has 0 amide bonds. The number of alkyl halides is 2. The Morgan fingerprint density at radius 1 is 0.775 bits per heavy atom. The summed E-state index contributed by atoms with van der Waals surface area (Å²) in [4.78, 5) is 0. The van der Waals surface area contributed by atoms with Crippen molar-refractivity contribution in [3.05, 3.63) is 34.9 Å². The van der Waals surface area contributed by atoms with E-state index in [9.17, 15) is 0 Å². The Hall–Kier alpha value is 0.180. The highest BCUT2D eigenvalue weighted by molar-refractivity contribution is 9.25. The van der Waals surface area contributed by atoms with E-state index in [0.717, 1.165) is 29.6 Å². The molecule has 226 valence electrons. The molecule has 4 fully saturated rings. The first kappa shape index (κ1) is 31.6. The number of hydrogen-bond donors (Lipinski definition) is 0. The number of hydrogen-bond acceptors (Lipinski definition) is 0. The second kappa shape index (κ2) is 10.1. The van der Waals surface area contributed by atoms with E-state index in [0.29, 0.717) is 27.1 Å². The minimum atomic E-state index is 0. The average Bonchev–Trinajstić information content (AvgIpc) is 3.08. The predicted molar refractivity (Wildman–Crippen MR) is 182 cm³/mol. The summed E-state index contributed by atoms with van der Waals surface area (Å²) in [6, 6.07) is 0. The van der Waals surface area contributed by atoms with Crippen LogP contribution in [-0.2, 0) is 0 Å². The zero-order valence-corrected chi connectivity index (χ0v) is 29.5. The molecule has 2 unspecified atom stereocenters. The van der Waals surface area contributed by atoms with Crippen LogP contribution in [-0.4, -0.2) is 3.23 Å². The van der Waals surface area contributed by atoms with Gasteiger partial charge in [-0.1, -0.05) is 124 Å². The molecule has 0 aliphatic heterocycles. The molecule has 0 radical (unpaired) electrons. The van der Waals surface area contributed by atoms with Crippen LogP contribution in [0.4, 0.5) is 0 Å². The largest absolute Gasteiger partial charge is 0.0938 e. The van der Waals surface area contributed by atoms with Crippen LogP contribution in [0.2, 0.25) is 0 Å². The van der Waals surface area contributed by atoms with E-state index in [1.807, 2.05) is 0 Å². The molecule has 0 aromatic rings. The van der Waals surface area contributed by atoms with Crippen LogP contribution < -0.4 is 0 Å². The monoisotopic (exact) mass is 674 g/mol. The molecule has 0 heterocycles. The van der Waals surface area contributed by atoms with Crippen LogP contribution in [0.5, 0.6) is 0 Å². The van der Waals surface area contributed by atoms with Crippen molar-refractivity contribution in [2.24, 2.45) is 56.7 Å². The Morgan fingerprint density at radius 2 is 1.35 bits per heavy atom. The van der Waals surface area contributed by atoms with Crippen LogP contribution in [0.1, 0.15) is 140 Å². The second-order valence-corrected chi connectivity index (χ2v) is 19.9. The Morgan fingerprint density at radius 3 is 1.93 bits per heavy atom. The summed E-state index contributed by atoms with van der Waals surface area (Å²) < 4.78 is 0.184. The summed E-state index contributed by atoms with van der Waals surface area (Å²) in [6.45, 7) is 20.0. The minimum Gasteiger partial charge on any atom is -0.0838 e. The summed E-state index contributed by atoms with van der Waals surface area (Å²) in [5, 5.41) is 0. The highest BCUT2D eigenvalue weighted by Gasteiger charge is 2.78. The molecule has 40 heavy (non-hydrogen) atoms. The summed E-state index contributed by atoms with van der Waals surface area (Å²) in [7, 11) is 0. The van der Waals surface area contributed by atoms with E-state index in [4.69, 9.17) is 0 Å². The number of allylic oxidation sites excluding steroid dienone is 6. The molecular weight excluding hydrogens is 616 g/mol. The molecular formula is C38H60Br2. The molecule has 0 aromatic carbocycles. The standard InChI is InChI=1S/C19H28Br2.C18H28.CH4/c1-5-18-11-10-17(4)13(15(18)19(18,20)21)8-9-16(3)12(2)6-7-14(16)17;1-5-14-8-10-18(4)15(12-14)9-11-17(3)13(2)6-7-16(17)18;/h8,12,14-15H,5-7,9-11H2,1-4H3;9,12-13,16H,5-8,10-11H2,1-4H3;1H4/t12-,14+,15?,16+,17-,18?;13-,16+,17+,18-;/m00./s1. The SMILES string of the molecule is C.CCC12CC[C@@]3(C)C(=CC[C@@]4(C)[C@H]3CC[C@@H]4C)C1C2(Br)Br.CCC1=CC2=CC[C@@]3(C)[C@@H](CC[C@@H]3C)[C@@]2(C)CC1. The first-order valence-corrected chi connectivity index (χ1v) is 18.3. The summed E-state index contributed by atoms with van der Waals surface area (Å²) >= 11 is 8.11. The van der Waals surface area contributed by atoms with Gasteiger partial charge in [-0.2, -0.15) is 0 Å². The average molecular weight is 677 g/mol. The van der Waals surface area contributed by atoms with Crippen molar-refractivity contribution in [1.29, 1.82) is 0 Å². The van der Waals surface area contributed by atoms with Crippen molar-refractivity contribution in [2.75, 3.05) is 0 Å². The van der Waals surface area contributed by atoms with E-state index in [2.05, 4.69) is 105 Å². The molecule has 4 saturated carbocycles. The van der Waals surface area contributed by atoms with Crippen molar-refractivity contribution in [3.8, 4) is 0 Å². The molecule has 0 saturated heterocycles. The summed E-state index contributed by atoms with van der Waals surface area (Å²) in [5.74, 6) is 4.37. The van der Waals surface area contributed by atoms with Crippen LogP contribution in [0, 0.1) is 56.7 Å². The molecule has 7 aliphatic carbocycles. The minimum absolute atomic E-state index is 0. The van der Waals surface area contributed by atoms with Crippen LogP contribution in [0.15, 0.2) is 34.9 Å². The first-order chi connectivity index (χ1) is 18.2. The van der Waals surface area contributed by atoms with Gasteiger partial charge in [-0.25, -0.2) is 0 Å². The van der Waals surface area contributed by atoms with Crippen molar-refractivity contribution in [1.82, 2.24) is 0 Å². The van der Waals surface area contributed by atoms with E-state index >= 15 is 0 Å². The molecule has 0 aromatic heterocycles. The van der Waals surface area contributed by atoms with Crippen molar-refractivity contribution >= 4 is 31.9 Å². The van der Waals surface area contributed by atoms with Gasteiger partial charge in [-0.3, -0.25) is 0 Å². The van der Waals surface area contributed by atoms with Crippen LogP contribution >= 0.6 is 31.9 Å². The number of rotatable bonds is 2. The van der Waals surface area contributed by atoms with E-state index in [1.165, 1.54) is 77.0 Å². The Labute approximate surface area is 265 Å². The van der Waals surface area contributed by atoms with Gasteiger partial charge in [0.15, 0.2) is 0 Å². The lowest BCUT2D eigenvalue weighted by molar-refractivity contribution is 0.0328. The molecule has 7 rings (SSSR count). The predicted octanol–water partition coefficient (Wildman–Crippen LogP) is 12.8. The van der Waals surface area contributed by atoms with E-state index < -0.39 is 0 Å². The van der Waals surface area contributed by atoms with E-state index in [-0.39, 0.29) is 10.7 Å². The lowest BCUT2D eigenvalue weighted by Crippen LogP contribution is -2.45. The highest BCUT2D eigenvalue weighted by Crippen LogP contribution is 2.84. The van der Waals surface area contributed by atoms with Crippen LogP contribution in [0.3, 0.4) is 0 Å². The third-order valence-electron chi connectivity index (χ3n) is 15.3. The summed E-state index contributed by atoms with van der Waals surface area (Å²) in [5.41, 5.74) is 7.73. The van der Waals surface area contributed by atoms with Gasteiger partial charge < -0.3 is 0 Å². The Bertz CT molecular complexity index is 1110. The Balaban J connectivity index is 0.000000159. The van der Waals surface area contributed by atoms with Gasteiger partial charge in [0.1, 0.15) is 0 Å². The Kier molecular flexibility index (Phi) is 7.98. The smallest absolute Gasteiger partial charge is 0.0838 e. The lowest BCUT2D eigenvalue weighted by atomic mass is 9.51. The van der Waals surface area contributed by atoms with Crippen molar-refractivity contribution < 1.29 is 0 Å². The molecule has 10 atom stereocenters. The van der Waals surface area contributed by atoms with Gasteiger partial charge in [0, 0.05) is 11.3 Å². The van der Waals surface area contributed by atoms with Gasteiger partial charge in [-0.05, 0) is 128 Å². The van der Waals surface area contributed by atoms with Gasteiger partial charge in [0.05, 0.1) is 3.23 Å². The van der Waals surface area contributed by atoms with E-state index in [1.54, 1.807) is 16.7 Å². The van der Waals surface area contributed by atoms with Gasteiger partial charge >= 0.3 is 0 Å².